The minimum Gasteiger partial charge on any atom is -0.370 e. The molecule has 0 saturated carbocycles. The summed E-state index contributed by atoms with van der Waals surface area (Å²) < 4.78 is 0. The standard InChI is InChI=1S/C16H34N2O/c1-2-3-4-5-6-7-8-9-10-11-12-13-15(17)14-16(18)19/h15H,2-14,17H2,1H3,(H2,18,19). The molecule has 4 N–H and O–H groups in total. The first-order valence-corrected chi connectivity index (χ1v) is 8.20. The van der Waals surface area contributed by atoms with Gasteiger partial charge < -0.3 is 11.5 Å². The summed E-state index contributed by atoms with van der Waals surface area (Å²) in [7, 11) is 0. The number of unbranched alkanes of at least 4 members (excludes halogenated alkanes) is 10. The number of carbonyl (C=O) groups excluding carboxylic acids is 1. The van der Waals surface area contributed by atoms with Crippen LogP contribution >= 0.6 is 0 Å². The summed E-state index contributed by atoms with van der Waals surface area (Å²) >= 11 is 0. The summed E-state index contributed by atoms with van der Waals surface area (Å²) in [5, 5.41) is 0. The molecule has 3 heteroatoms. The van der Waals surface area contributed by atoms with Crippen molar-refractivity contribution >= 4 is 5.91 Å². The van der Waals surface area contributed by atoms with Crippen molar-refractivity contribution in [2.45, 2.75) is 96.4 Å². The Labute approximate surface area is 119 Å². The molecule has 19 heavy (non-hydrogen) atoms. The molecule has 0 saturated heterocycles. The molecule has 0 aliphatic heterocycles. The predicted octanol–water partition coefficient (Wildman–Crippen LogP) is 3.89. The van der Waals surface area contributed by atoms with Crippen LogP contribution in [0.4, 0.5) is 0 Å². The SMILES string of the molecule is CCCCCCCCCCCCCC(N)CC(N)=O. The van der Waals surface area contributed by atoms with E-state index < -0.39 is 0 Å². The molecule has 1 unspecified atom stereocenters. The van der Waals surface area contributed by atoms with E-state index in [0.29, 0.717) is 6.42 Å². The molecular formula is C16H34N2O. The fourth-order valence-corrected chi connectivity index (χ4v) is 2.43. The van der Waals surface area contributed by atoms with Gasteiger partial charge in [-0.3, -0.25) is 4.79 Å². The Balaban J connectivity index is 3.08. The molecular weight excluding hydrogens is 236 g/mol. The zero-order valence-corrected chi connectivity index (χ0v) is 12.8. The average Bonchev–Trinajstić information content (AvgIpc) is 2.35. The van der Waals surface area contributed by atoms with Crippen molar-refractivity contribution in [3.63, 3.8) is 0 Å². The highest BCUT2D eigenvalue weighted by Gasteiger charge is 2.05. The Hall–Kier alpha value is -0.570. The van der Waals surface area contributed by atoms with E-state index in [9.17, 15) is 4.79 Å². The van der Waals surface area contributed by atoms with E-state index in [1.54, 1.807) is 0 Å². The second-order valence-corrected chi connectivity index (χ2v) is 5.75. The Morgan fingerprint density at radius 3 is 1.68 bits per heavy atom. The number of rotatable bonds is 14. The van der Waals surface area contributed by atoms with Crippen LogP contribution in [0, 0.1) is 0 Å². The third-order valence-corrected chi connectivity index (χ3v) is 3.64. The highest BCUT2D eigenvalue weighted by Crippen LogP contribution is 2.12. The second-order valence-electron chi connectivity index (χ2n) is 5.75. The van der Waals surface area contributed by atoms with E-state index in [4.69, 9.17) is 11.5 Å². The van der Waals surface area contributed by atoms with Gasteiger partial charge in [0.1, 0.15) is 0 Å². The number of carbonyl (C=O) groups is 1. The Morgan fingerprint density at radius 1 is 0.842 bits per heavy atom. The van der Waals surface area contributed by atoms with E-state index in [-0.39, 0.29) is 11.9 Å². The molecule has 0 rings (SSSR count). The molecule has 0 aromatic heterocycles. The van der Waals surface area contributed by atoms with Gasteiger partial charge in [0, 0.05) is 12.5 Å². The van der Waals surface area contributed by atoms with Crippen LogP contribution in [-0.4, -0.2) is 11.9 Å². The number of nitrogens with two attached hydrogens (primary N) is 2. The molecule has 0 aromatic carbocycles. The summed E-state index contributed by atoms with van der Waals surface area (Å²) in [6.07, 6.45) is 16.0. The maximum Gasteiger partial charge on any atom is 0.218 e. The number of hydrogen-bond donors (Lipinski definition) is 2. The van der Waals surface area contributed by atoms with Gasteiger partial charge in [0.2, 0.25) is 5.91 Å². The van der Waals surface area contributed by atoms with Crippen LogP contribution < -0.4 is 11.5 Å². The minimum absolute atomic E-state index is 0.0314. The van der Waals surface area contributed by atoms with E-state index in [1.165, 1.54) is 64.2 Å². The van der Waals surface area contributed by atoms with Crippen molar-refractivity contribution in [3.8, 4) is 0 Å². The molecule has 3 nitrogen and oxygen atoms in total. The number of amides is 1. The Kier molecular flexibility index (Phi) is 13.4. The van der Waals surface area contributed by atoms with Gasteiger partial charge in [0.05, 0.1) is 0 Å². The van der Waals surface area contributed by atoms with Crippen LogP contribution in [0.3, 0.4) is 0 Å². The van der Waals surface area contributed by atoms with Crippen molar-refractivity contribution in [2.75, 3.05) is 0 Å². The normalized spacial score (nSPS) is 12.5. The first-order valence-electron chi connectivity index (χ1n) is 8.20. The molecule has 0 aliphatic rings. The van der Waals surface area contributed by atoms with Gasteiger partial charge in [-0.15, -0.1) is 0 Å². The van der Waals surface area contributed by atoms with Crippen LogP contribution in [0.5, 0.6) is 0 Å². The molecule has 0 aliphatic carbocycles. The lowest BCUT2D eigenvalue weighted by molar-refractivity contribution is -0.118. The van der Waals surface area contributed by atoms with Crippen LogP contribution in [0.2, 0.25) is 0 Å². The Bertz CT molecular complexity index is 207. The zero-order chi connectivity index (χ0) is 14.3. The van der Waals surface area contributed by atoms with E-state index in [0.717, 1.165) is 12.8 Å². The largest absolute Gasteiger partial charge is 0.370 e. The smallest absolute Gasteiger partial charge is 0.218 e. The summed E-state index contributed by atoms with van der Waals surface area (Å²) in [6.45, 7) is 2.26. The fourth-order valence-electron chi connectivity index (χ4n) is 2.43. The molecule has 1 atom stereocenters. The molecule has 0 radical (unpaired) electrons. The van der Waals surface area contributed by atoms with Gasteiger partial charge in [-0.25, -0.2) is 0 Å². The highest BCUT2D eigenvalue weighted by molar-refractivity contribution is 5.74. The van der Waals surface area contributed by atoms with Gasteiger partial charge in [0.15, 0.2) is 0 Å². The van der Waals surface area contributed by atoms with Crippen molar-refractivity contribution < 1.29 is 4.79 Å². The summed E-state index contributed by atoms with van der Waals surface area (Å²) in [5.74, 6) is -0.282. The van der Waals surface area contributed by atoms with E-state index in [2.05, 4.69) is 6.92 Å². The fraction of sp³-hybridized carbons (Fsp3) is 0.938. The molecule has 0 fully saturated rings. The van der Waals surface area contributed by atoms with Gasteiger partial charge in [-0.1, -0.05) is 77.6 Å². The van der Waals surface area contributed by atoms with Gasteiger partial charge in [0.25, 0.3) is 0 Å². The zero-order valence-electron chi connectivity index (χ0n) is 12.8. The third kappa shape index (κ3) is 15.4. The molecule has 0 bridgehead atoms. The summed E-state index contributed by atoms with van der Waals surface area (Å²) in [5.41, 5.74) is 10.9. The molecule has 114 valence electrons. The quantitative estimate of drug-likeness (QED) is 0.470. The number of primary amides is 1. The topological polar surface area (TPSA) is 69.1 Å². The molecule has 1 amide bonds. The van der Waals surface area contributed by atoms with Gasteiger partial charge in [-0.05, 0) is 6.42 Å². The van der Waals surface area contributed by atoms with Crippen molar-refractivity contribution in [3.05, 3.63) is 0 Å². The summed E-state index contributed by atoms with van der Waals surface area (Å²) in [6, 6.07) is -0.0314. The maximum absolute atomic E-state index is 10.7. The van der Waals surface area contributed by atoms with Crippen LogP contribution in [0.15, 0.2) is 0 Å². The predicted molar refractivity (Wildman–Crippen MR) is 82.9 cm³/mol. The first kappa shape index (κ1) is 18.4. The van der Waals surface area contributed by atoms with Crippen LogP contribution in [-0.2, 0) is 4.79 Å². The minimum atomic E-state index is -0.282. The lowest BCUT2D eigenvalue weighted by atomic mass is 10.0. The van der Waals surface area contributed by atoms with Crippen LogP contribution in [0.25, 0.3) is 0 Å². The van der Waals surface area contributed by atoms with E-state index >= 15 is 0 Å². The third-order valence-electron chi connectivity index (χ3n) is 3.64. The lowest BCUT2D eigenvalue weighted by Gasteiger charge is -2.08. The second kappa shape index (κ2) is 13.9. The van der Waals surface area contributed by atoms with Crippen LogP contribution in [0.1, 0.15) is 90.4 Å². The maximum atomic E-state index is 10.7. The van der Waals surface area contributed by atoms with Gasteiger partial charge >= 0.3 is 0 Å². The summed E-state index contributed by atoms with van der Waals surface area (Å²) in [4.78, 5) is 10.7. The Morgan fingerprint density at radius 2 is 1.26 bits per heavy atom. The molecule has 0 aromatic rings. The molecule has 0 spiro atoms. The van der Waals surface area contributed by atoms with Crippen molar-refractivity contribution in [1.82, 2.24) is 0 Å². The van der Waals surface area contributed by atoms with Gasteiger partial charge in [-0.2, -0.15) is 0 Å². The monoisotopic (exact) mass is 270 g/mol. The van der Waals surface area contributed by atoms with Crippen molar-refractivity contribution in [2.24, 2.45) is 11.5 Å². The van der Waals surface area contributed by atoms with Crippen molar-refractivity contribution in [1.29, 1.82) is 0 Å². The molecule has 0 heterocycles. The first-order chi connectivity index (χ1) is 9.16. The average molecular weight is 270 g/mol. The lowest BCUT2D eigenvalue weighted by Crippen LogP contribution is -2.27. The van der Waals surface area contributed by atoms with E-state index in [1.807, 2.05) is 0 Å². The highest BCUT2D eigenvalue weighted by atomic mass is 16.1. The number of hydrogen-bond acceptors (Lipinski definition) is 2.